The smallest absolute Gasteiger partial charge is 0.238 e. The van der Waals surface area contributed by atoms with Crippen LogP contribution in [0.25, 0.3) is 93.6 Å². The van der Waals surface area contributed by atoms with Gasteiger partial charge in [-0.1, -0.05) is 153 Å². The second-order valence-electron chi connectivity index (χ2n) is 14.7. The lowest BCUT2D eigenvalue weighted by Gasteiger charge is -2.22. The van der Waals surface area contributed by atoms with Crippen LogP contribution in [-0.2, 0) is 5.41 Å². The van der Waals surface area contributed by atoms with Crippen molar-refractivity contribution in [2.45, 2.75) is 19.3 Å². The molecule has 0 spiro atoms. The van der Waals surface area contributed by atoms with E-state index in [9.17, 15) is 0 Å². The summed E-state index contributed by atoms with van der Waals surface area (Å²) in [4.78, 5) is 20.3. The maximum Gasteiger partial charge on any atom is 0.238 e. The van der Waals surface area contributed by atoms with Crippen LogP contribution >= 0.6 is 11.3 Å². The molecule has 0 amide bonds. The Morgan fingerprint density at radius 3 is 1.71 bits per heavy atom. The van der Waals surface area contributed by atoms with E-state index in [-0.39, 0.29) is 5.41 Å². The normalized spacial score (nSPS) is 13.1. The summed E-state index contributed by atoms with van der Waals surface area (Å²) in [6, 6.07) is 57.6. The van der Waals surface area contributed by atoms with Gasteiger partial charge in [0.1, 0.15) is 5.01 Å². The van der Waals surface area contributed by atoms with Crippen LogP contribution in [0.15, 0.2) is 164 Å². The van der Waals surface area contributed by atoms with Crippen LogP contribution in [0, 0.1) is 0 Å². The Bertz CT molecular complexity index is 3050. The standard InChI is InChI=1S/C49H33N5S/c1-49(2)38-27-28-40-44(55-47(50-40)33-15-7-4-8-16-33)43(38)37-26-25-34(29-39(37)49)30-21-23-32(24-22-30)46-51-45(31-13-5-3-6-14-31)52-48(53-46)54-41-19-11-9-17-35(41)36-18-10-12-20-42(36)54/h3-29H,1-2H3. The Labute approximate surface area is 322 Å². The molecule has 0 bridgehead atoms. The summed E-state index contributed by atoms with van der Waals surface area (Å²) < 4.78 is 3.41. The summed E-state index contributed by atoms with van der Waals surface area (Å²) in [6.07, 6.45) is 0. The van der Waals surface area contributed by atoms with Gasteiger partial charge >= 0.3 is 0 Å². The van der Waals surface area contributed by atoms with Crippen molar-refractivity contribution in [3.8, 4) is 61.5 Å². The number of hydrogen-bond acceptors (Lipinski definition) is 5. The lowest BCUT2D eigenvalue weighted by atomic mass is 9.81. The van der Waals surface area contributed by atoms with Gasteiger partial charge < -0.3 is 0 Å². The molecule has 5 nitrogen and oxygen atoms in total. The van der Waals surface area contributed by atoms with E-state index >= 15 is 0 Å². The molecule has 3 aromatic heterocycles. The molecule has 1 aliphatic rings. The van der Waals surface area contributed by atoms with Gasteiger partial charge in [0.25, 0.3) is 0 Å². The first-order valence-corrected chi connectivity index (χ1v) is 19.4. The van der Waals surface area contributed by atoms with E-state index in [0.29, 0.717) is 17.6 Å². The molecule has 0 N–H and O–H groups in total. The Morgan fingerprint density at radius 2 is 1.04 bits per heavy atom. The topological polar surface area (TPSA) is 56.5 Å². The highest BCUT2D eigenvalue weighted by Crippen LogP contribution is 2.53. The highest BCUT2D eigenvalue weighted by molar-refractivity contribution is 7.22. The maximum absolute atomic E-state index is 5.15. The lowest BCUT2D eigenvalue weighted by Crippen LogP contribution is -2.14. The number of aromatic nitrogens is 5. The zero-order valence-electron chi connectivity index (χ0n) is 30.2. The fourth-order valence-corrected chi connectivity index (χ4v) is 9.48. The first-order valence-electron chi connectivity index (χ1n) is 18.6. The molecule has 11 rings (SSSR count). The van der Waals surface area contributed by atoms with Crippen LogP contribution in [0.4, 0.5) is 0 Å². The summed E-state index contributed by atoms with van der Waals surface area (Å²) in [6.45, 7) is 4.69. The molecule has 0 radical (unpaired) electrons. The molecule has 0 aliphatic heterocycles. The van der Waals surface area contributed by atoms with Gasteiger partial charge in [-0.25, -0.2) is 9.97 Å². The van der Waals surface area contributed by atoms with Crippen LogP contribution in [-0.4, -0.2) is 24.5 Å². The van der Waals surface area contributed by atoms with Crippen LogP contribution in [0.1, 0.15) is 25.0 Å². The number of hydrogen-bond donors (Lipinski definition) is 0. The van der Waals surface area contributed by atoms with Gasteiger partial charge in [0.05, 0.1) is 21.3 Å². The summed E-state index contributed by atoms with van der Waals surface area (Å²) in [5.41, 5.74) is 13.7. The molecule has 0 atom stereocenters. The van der Waals surface area contributed by atoms with Crippen LogP contribution in [0.2, 0.25) is 0 Å². The molecule has 0 saturated heterocycles. The van der Waals surface area contributed by atoms with Gasteiger partial charge in [0.15, 0.2) is 11.6 Å². The average Bonchev–Trinajstić information content (AvgIpc) is 3.90. The number of rotatable bonds is 5. The molecule has 6 heteroatoms. The predicted octanol–water partition coefficient (Wildman–Crippen LogP) is 12.6. The van der Waals surface area contributed by atoms with Crippen LogP contribution in [0.5, 0.6) is 0 Å². The number of nitrogens with zero attached hydrogens (tertiary/aromatic N) is 5. The Hall–Kier alpha value is -6.76. The Kier molecular flexibility index (Phi) is 7.00. The summed E-state index contributed by atoms with van der Waals surface area (Å²) >= 11 is 1.79. The van der Waals surface area contributed by atoms with Crippen molar-refractivity contribution in [1.82, 2.24) is 24.5 Å². The molecular formula is C49H33N5S. The van der Waals surface area contributed by atoms with Crippen molar-refractivity contribution in [1.29, 1.82) is 0 Å². The van der Waals surface area contributed by atoms with Crippen molar-refractivity contribution in [3.05, 3.63) is 175 Å². The molecule has 0 saturated carbocycles. The van der Waals surface area contributed by atoms with Gasteiger partial charge in [-0.05, 0) is 52.1 Å². The largest absolute Gasteiger partial charge is 0.278 e. The molecule has 55 heavy (non-hydrogen) atoms. The number of fused-ring (bicyclic) bond motifs is 8. The van der Waals surface area contributed by atoms with E-state index in [2.05, 4.69) is 152 Å². The molecular weight excluding hydrogens is 691 g/mol. The zero-order chi connectivity index (χ0) is 36.7. The van der Waals surface area contributed by atoms with Crippen LogP contribution in [0.3, 0.4) is 0 Å². The number of benzene rings is 7. The Morgan fingerprint density at radius 1 is 0.473 bits per heavy atom. The first-order chi connectivity index (χ1) is 27.0. The molecule has 1 aliphatic carbocycles. The highest BCUT2D eigenvalue weighted by atomic mass is 32.1. The van der Waals surface area contributed by atoms with Crippen molar-refractivity contribution < 1.29 is 0 Å². The van der Waals surface area contributed by atoms with Gasteiger partial charge in [-0.15, -0.1) is 11.3 Å². The number of para-hydroxylation sites is 2. The second-order valence-corrected chi connectivity index (χ2v) is 15.7. The predicted molar refractivity (Wildman–Crippen MR) is 227 cm³/mol. The highest BCUT2D eigenvalue weighted by Gasteiger charge is 2.37. The van der Waals surface area contributed by atoms with Gasteiger partial charge in [0, 0.05) is 38.4 Å². The summed E-state index contributed by atoms with van der Waals surface area (Å²) in [5, 5.41) is 3.39. The molecule has 3 heterocycles. The molecule has 0 unspecified atom stereocenters. The monoisotopic (exact) mass is 723 g/mol. The molecule has 7 aromatic carbocycles. The molecule has 10 aromatic rings. The van der Waals surface area contributed by atoms with E-state index in [1.54, 1.807) is 11.3 Å². The quantitative estimate of drug-likeness (QED) is 0.177. The van der Waals surface area contributed by atoms with Crippen LogP contribution < -0.4 is 0 Å². The van der Waals surface area contributed by atoms with Gasteiger partial charge in [0.2, 0.25) is 5.95 Å². The van der Waals surface area contributed by atoms with Crippen molar-refractivity contribution in [2.75, 3.05) is 0 Å². The molecule has 260 valence electrons. The maximum atomic E-state index is 5.15. The van der Waals surface area contributed by atoms with E-state index in [1.807, 2.05) is 30.3 Å². The van der Waals surface area contributed by atoms with Gasteiger partial charge in [-0.2, -0.15) is 9.97 Å². The Balaban J connectivity index is 0.999. The van der Waals surface area contributed by atoms with E-state index < -0.39 is 0 Å². The third-order valence-corrected chi connectivity index (χ3v) is 12.3. The lowest BCUT2D eigenvalue weighted by molar-refractivity contribution is 0.661. The fourth-order valence-electron chi connectivity index (χ4n) is 8.35. The fraction of sp³-hybridized carbons (Fsp3) is 0.0612. The van der Waals surface area contributed by atoms with E-state index in [0.717, 1.165) is 43.8 Å². The SMILES string of the molecule is CC1(C)c2cc(-c3ccc(-c4nc(-c5ccccc5)nc(-n5c6ccccc6c6ccccc65)n4)cc3)ccc2-c2c1ccc1nc(-c3ccccc3)sc21. The van der Waals surface area contributed by atoms with E-state index in [4.69, 9.17) is 19.9 Å². The van der Waals surface area contributed by atoms with Crippen molar-refractivity contribution in [2.24, 2.45) is 0 Å². The zero-order valence-corrected chi connectivity index (χ0v) is 31.0. The van der Waals surface area contributed by atoms with E-state index in [1.165, 1.54) is 43.3 Å². The minimum Gasteiger partial charge on any atom is -0.278 e. The summed E-state index contributed by atoms with van der Waals surface area (Å²) in [7, 11) is 0. The average molecular weight is 724 g/mol. The number of thiazole rings is 1. The third-order valence-electron chi connectivity index (χ3n) is 11.1. The minimum absolute atomic E-state index is 0.145. The van der Waals surface area contributed by atoms with Crippen molar-refractivity contribution >= 4 is 43.4 Å². The minimum atomic E-state index is -0.145. The molecule has 0 fully saturated rings. The second kappa shape index (κ2) is 12.1. The third kappa shape index (κ3) is 4.99. The first kappa shape index (κ1) is 31.7. The van der Waals surface area contributed by atoms with Gasteiger partial charge in [-0.3, -0.25) is 4.57 Å². The van der Waals surface area contributed by atoms with Crippen molar-refractivity contribution in [3.63, 3.8) is 0 Å². The summed E-state index contributed by atoms with van der Waals surface area (Å²) in [5.74, 6) is 1.86.